The molecule has 0 unspecified atom stereocenters. The average Bonchev–Trinajstić information content (AvgIpc) is 2.96. The third-order valence-corrected chi connectivity index (χ3v) is 3.66. The Hall–Kier alpha value is -0.870. The SMILES string of the molecule is Cc1cscc1CNCCC(=O)NC1CC1. The van der Waals surface area contributed by atoms with Gasteiger partial charge in [-0.25, -0.2) is 0 Å². The summed E-state index contributed by atoms with van der Waals surface area (Å²) in [6.45, 7) is 3.74. The molecule has 0 aliphatic heterocycles. The van der Waals surface area contributed by atoms with Gasteiger partial charge in [0.25, 0.3) is 0 Å². The van der Waals surface area contributed by atoms with E-state index in [4.69, 9.17) is 0 Å². The molecule has 0 aromatic carbocycles. The molecule has 0 radical (unpaired) electrons. The van der Waals surface area contributed by atoms with E-state index < -0.39 is 0 Å². The van der Waals surface area contributed by atoms with Gasteiger partial charge in [-0.05, 0) is 41.7 Å². The highest BCUT2D eigenvalue weighted by molar-refractivity contribution is 7.08. The summed E-state index contributed by atoms with van der Waals surface area (Å²) in [4.78, 5) is 11.4. The molecule has 1 aliphatic rings. The Bertz CT molecular complexity index is 358. The number of nitrogens with one attached hydrogen (secondary N) is 2. The molecule has 1 heterocycles. The van der Waals surface area contributed by atoms with Crippen LogP contribution in [0.4, 0.5) is 0 Å². The molecule has 0 bridgehead atoms. The second kappa shape index (κ2) is 5.46. The summed E-state index contributed by atoms with van der Waals surface area (Å²) in [5, 5.41) is 10.6. The van der Waals surface area contributed by atoms with Gasteiger partial charge in [-0.3, -0.25) is 4.79 Å². The predicted octanol–water partition coefficient (Wildman–Crippen LogP) is 1.81. The van der Waals surface area contributed by atoms with E-state index in [0.29, 0.717) is 12.5 Å². The first-order chi connectivity index (χ1) is 7.75. The molecule has 0 spiro atoms. The molecule has 4 heteroatoms. The molecule has 3 nitrogen and oxygen atoms in total. The van der Waals surface area contributed by atoms with Gasteiger partial charge in [0.1, 0.15) is 0 Å². The molecule has 16 heavy (non-hydrogen) atoms. The minimum Gasteiger partial charge on any atom is -0.353 e. The first kappa shape index (κ1) is 11.6. The smallest absolute Gasteiger partial charge is 0.221 e. The molecular weight excluding hydrogens is 220 g/mol. The standard InChI is InChI=1S/C12H18N2OS/c1-9-7-16-8-10(9)6-13-5-4-12(15)14-11-2-3-11/h7-8,11,13H,2-6H2,1H3,(H,14,15). The molecule has 0 atom stereocenters. The maximum absolute atomic E-state index is 11.4. The predicted molar refractivity (Wildman–Crippen MR) is 66.5 cm³/mol. The molecule has 1 fully saturated rings. The van der Waals surface area contributed by atoms with E-state index in [-0.39, 0.29) is 5.91 Å². The van der Waals surface area contributed by atoms with Crippen LogP contribution >= 0.6 is 11.3 Å². The molecule has 1 saturated carbocycles. The monoisotopic (exact) mass is 238 g/mol. The molecule has 1 aromatic rings. The van der Waals surface area contributed by atoms with E-state index in [1.165, 1.54) is 11.1 Å². The van der Waals surface area contributed by atoms with Gasteiger partial charge in [-0.2, -0.15) is 11.3 Å². The minimum absolute atomic E-state index is 0.178. The zero-order valence-corrected chi connectivity index (χ0v) is 10.4. The van der Waals surface area contributed by atoms with Crippen LogP contribution < -0.4 is 10.6 Å². The second-order valence-corrected chi connectivity index (χ2v) is 5.09. The summed E-state index contributed by atoms with van der Waals surface area (Å²) in [7, 11) is 0. The highest BCUT2D eigenvalue weighted by Gasteiger charge is 2.22. The van der Waals surface area contributed by atoms with E-state index in [1.807, 2.05) is 0 Å². The van der Waals surface area contributed by atoms with Crippen molar-refractivity contribution in [1.82, 2.24) is 10.6 Å². The Morgan fingerprint density at radius 1 is 1.50 bits per heavy atom. The van der Waals surface area contributed by atoms with E-state index >= 15 is 0 Å². The second-order valence-electron chi connectivity index (χ2n) is 4.35. The van der Waals surface area contributed by atoms with Crippen LogP contribution in [0.1, 0.15) is 30.4 Å². The molecule has 2 N–H and O–H groups in total. The quantitative estimate of drug-likeness (QED) is 0.742. The highest BCUT2D eigenvalue weighted by Crippen LogP contribution is 2.18. The Labute approximate surface area is 100 Å². The van der Waals surface area contributed by atoms with E-state index in [9.17, 15) is 4.79 Å². The molecule has 1 amide bonds. The average molecular weight is 238 g/mol. The third-order valence-electron chi connectivity index (χ3n) is 2.75. The minimum atomic E-state index is 0.178. The fourth-order valence-corrected chi connectivity index (χ4v) is 2.38. The van der Waals surface area contributed by atoms with Crippen molar-refractivity contribution < 1.29 is 4.79 Å². The lowest BCUT2D eigenvalue weighted by Crippen LogP contribution is -2.29. The molecule has 88 valence electrons. The van der Waals surface area contributed by atoms with Crippen LogP contribution in [-0.2, 0) is 11.3 Å². The number of hydrogen-bond donors (Lipinski definition) is 2. The van der Waals surface area contributed by atoms with Gasteiger partial charge in [0.05, 0.1) is 0 Å². The van der Waals surface area contributed by atoms with Crippen molar-refractivity contribution >= 4 is 17.2 Å². The van der Waals surface area contributed by atoms with Gasteiger partial charge < -0.3 is 10.6 Å². The zero-order valence-electron chi connectivity index (χ0n) is 9.58. The Morgan fingerprint density at radius 3 is 2.94 bits per heavy atom. The van der Waals surface area contributed by atoms with Crippen molar-refractivity contribution in [3.63, 3.8) is 0 Å². The number of hydrogen-bond acceptors (Lipinski definition) is 3. The van der Waals surface area contributed by atoms with Crippen molar-refractivity contribution in [3.8, 4) is 0 Å². The fourth-order valence-electron chi connectivity index (χ4n) is 1.52. The molecular formula is C12H18N2OS. The van der Waals surface area contributed by atoms with Crippen LogP contribution in [0, 0.1) is 6.92 Å². The molecule has 2 rings (SSSR count). The normalized spacial score (nSPS) is 15.1. The highest BCUT2D eigenvalue weighted by atomic mass is 32.1. The number of carbonyl (C=O) groups excluding carboxylic acids is 1. The lowest BCUT2D eigenvalue weighted by atomic mass is 10.2. The van der Waals surface area contributed by atoms with Crippen LogP contribution in [-0.4, -0.2) is 18.5 Å². The first-order valence-electron chi connectivity index (χ1n) is 5.77. The van der Waals surface area contributed by atoms with E-state index in [0.717, 1.165) is 25.9 Å². The van der Waals surface area contributed by atoms with Crippen molar-refractivity contribution in [1.29, 1.82) is 0 Å². The van der Waals surface area contributed by atoms with Crippen LogP contribution in [0.25, 0.3) is 0 Å². The number of thiophene rings is 1. The van der Waals surface area contributed by atoms with Crippen LogP contribution in [0.3, 0.4) is 0 Å². The maximum atomic E-state index is 11.4. The van der Waals surface area contributed by atoms with Crippen LogP contribution in [0.2, 0.25) is 0 Å². The van der Waals surface area contributed by atoms with E-state index in [2.05, 4.69) is 28.3 Å². The van der Waals surface area contributed by atoms with Crippen molar-refractivity contribution in [2.45, 2.75) is 38.8 Å². The molecule has 1 aliphatic carbocycles. The van der Waals surface area contributed by atoms with Crippen molar-refractivity contribution in [2.75, 3.05) is 6.54 Å². The lowest BCUT2D eigenvalue weighted by Gasteiger charge is -2.05. The number of rotatable bonds is 6. The van der Waals surface area contributed by atoms with Crippen LogP contribution in [0.5, 0.6) is 0 Å². The number of carbonyl (C=O) groups is 1. The fraction of sp³-hybridized carbons (Fsp3) is 0.583. The summed E-state index contributed by atoms with van der Waals surface area (Å²) in [5.41, 5.74) is 2.67. The summed E-state index contributed by atoms with van der Waals surface area (Å²) < 4.78 is 0. The number of aryl methyl sites for hydroxylation is 1. The van der Waals surface area contributed by atoms with Gasteiger partial charge in [0.15, 0.2) is 0 Å². The summed E-state index contributed by atoms with van der Waals surface area (Å²) in [6.07, 6.45) is 2.90. The molecule has 0 saturated heterocycles. The van der Waals surface area contributed by atoms with Gasteiger partial charge >= 0.3 is 0 Å². The topological polar surface area (TPSA) is 41.1 Å². The Morgan fingerprint density at radius 2 is 2.31 bits per heavy atom. The van der Waals surface area contributed by atoms with Gasteiger partial charge in [-0.15, -0.1) is 0 Å². The van der Waals surface area contributed by atoms with Crippen LogP contribution in [0.15, 0.2) is 10.8 Å². The van der Waals surface area contributed by atoms with Gasteiger partial charge in [0.2, 0.25) is 5.91 Å². The largest absolute Gasteiger partial charge is 0.353 e. The molecule has 1 aromatic heterocycles. The summed E-state index contributed by atoms with van der Waals surface area (Å²) in [5.74, 6) is 0.178. The maximum Gasteiger partial charge on any atom is 0.221 e. The summed E-state index contributed by atoms with van der Waals surface area (Å²) >= 11 is 1.73. The van der Waals surface area contributed by atoms with Crippen molar-refractivity contribution in [2.24, 2.45) is 0 Å². The van der Waals surface area contributed by atoms with Gasteiger partial charge in [-0.1, -0.05) is 0 Å². The Balaban J connectivity index is 1.57. The van der Waals surface area contributed by atoms with E-state index in [1.54, 1.807) is 11.3 Å². The van der Waals surface area contributed by atoms with Gasteiger partial charge in [0, 0.05) is 25.6 Å². The Kier molecular flexibility index (Phi) is 3.96. The van der Waals surface area contributed by atoms with Crippen molar-refractivity contribution in [3.05, 3.63) is 21.9 Å². The third kappa shape index (κ3) is 3.61. The first-order valence-corrected chi connectivity index (χ1v) is 6.72. The lowest BCUT2D eigenvalue weighted by molar-refractivity contribution is -0.121. The summed E-state index contributed by atoms with van der Waals surface area (Å²) in [6, 6.07) is 0.478. The zero-order chi connectivity index (χ0) is 11.4. The number of amides is 1.